The Morgan fingerprint density at radius 3 is 2.87 bits per heavy atom. The highest BCUT2D eigenvalue weighted by molar-refractivity contribution is 7.17. The molecule has 3 heterocycles. The van der Waals surface area contributed by atoms with Gasteiger partial charge in [-0.3, -0.25) is 4.79 Å². The number of nitrogens with zero attached hydrogens (tertiary/aromatic N) is 2. The Hall–Kier alpha value is -2.31. The largest absolute Gasteiger partial charge is 0.455 e. The third kappa shape index (κ3) is 3.99. The number of aldehydes is 1. The van der Waals surface area contributed by atoms with Crippen molar-refractivity contribution in [2.45, 2.75) is 44.9 Å². The number of carbonyl (C=O) groups excluding carboxylic acids is 2. The van der Waals surface area contributed by atoms with Crippen LogP contribution in [0.15, 0.2) is 4.52 Å². The number of amides is 1. The monoisotopic (exact) mass is 459 g/mol. The lowest BCUT2D eigenvalue weighted by atomic mass is 9.67. The van der Waals surface area contributed by atoms with Crippen LogP contribution < -0.4 is 5.32 Å². The molecule has 1 aliphatic heterocycles. The van der Waals surface area contributed by atoms with Gasteiger partial charge in [-0.2, -0.15) is 18.2 Å². The lowest BCUT2D eigenvalue weighted by Crippen LogP contribution is -2.45. The number of hydrogen-bond acceptors (Lipinski definition) is 8. The van der Waals surface area contributed by atoms with Gasteiger partial charge in [0.1, 0.15) is 11.3 Å². The van der Waals surface area contributed by atoms with Gasteiger partial charge in [-0.1, -0.05) is 18.0 Å². The van der Waals surface area contributed by atoms with Crippen molar-refractivity contribution in [3.05, 3.63) is 16.3 Å². The Morgan fingerprint density at radius 2 is 2.19 bits per heavy atom. The SMILES string of the molecule is O=CC1(CO)CCCC[C@@H]1C(=O)Nc1sc2c(c1-c1nc(C(F)(F)F)no1)CCOC2. The summed E-state index contributed by atoms with van der Waals surface area (Å²) in [5, 5.41) is 15.8. The van der Waals surface area contributed by atoms with Crippen molar-refractivity contribution < 1.29 is 37.1 Å². The van der Waals surface area contributed by atoms with E-state index in [0.29, 0.717) is 37.7 Å². The number of anilines is 1. The molecule has 31 heavy (non-hydrogen) atoms. The minimum Gasteiger partial charge on any atom is -0.395 e. The molecule has 2 atom stereocenters. The van der Waals surface area contributed by atoms with Gasteiger partial charge >= 0.3 is 6.18 Å². The molecule has 1 aliphatic carbocycles. The van der Waals surface area contributed by atoms with Crippen LogP contribution in [0.2, 0.25) is 0 Å². The number of ether oxygens (including phenoxy) is 1. The summed E-state index contributed by atoms with van der Waals surface area (Å²) in [5.74, 6) is -2.97. The highest BCUT2D eigenvalue weighted by Gasteiger charge is 2.45. The maximum atomic E-state index is 13.1. The summed E-state index contributed by atoms with van der Waals surface area (Å²) in [7, 11) is 0. The first kappa shape index (κ1) is 21.9. The maximum Gasteiger partial charge on any atom is 0.455 e. The molecule has 0 bridgehead atoms. The fourth-order valence-corrected chi connectivity index (χ4v) is 5.39. The molecule has 0 radical (unpaired) electrons. The topological polar surface area (TPSA) is 115 Å². The number of aliphatic hydroxyl groups is 1. The van der Waals surface area contributed by atoms with Gasteiger partial charge in [0.05, 0.1) is 36.7 Å². The lowest BCUT2D eigenvalue weighted by Gasteiger charge is -2.37. The summed E-state index contributed by atoms with van der Waals surface area (Å²) >= 11 is 1.16. The molecule has 8 nitrogen and oxygen atoms in total. The number of aliphatic hydroxyl groups excluding tert-OH is 1. The van der Waals surface area contributed by atoms with Crippen LogP contribution in [0, 0.1) is 11.3 Å². The average molecular weight is 459 g/mol. The zero-order chi connectivity index (χ0) is 22.2. The lowest BCUT2D eigenvalue weighted by molar-refractivity contribution is -0.146. The summed E-state index contributed by atoms with van der Waals surface area (Å²) in [5.41, 5.74) is -0.233. The number of carbonyl (C=O) groups is 2. The molecule has 4 rings (SSSR count). The smallest absolute Gasteiger partial charge is 0.395 e. The quantitative estimate of drug-likeness (QED) is 0.660. The van der Waals surface area contributed by atoms with E-state index in [1.54, 1.807) is 0 Å². The van der Waals surface area contributed by atoms with Gasteiger partial charge in [0.25, 0.3) is 11.7 Å². The molecule has 2 aromatic rings. The third-order valence-corrected chi connectivity index (χ3v) is 7.00. The number of aromatic nitrogens is 2. The van der Waals surface area contributed by atoms with Gasteiger partial charge in [-0.25, -0.2) is 0 Å². The highest BCUT2D eigenvalue weighted by atomic mass is 32.1. The summed E-state index contributed by atoms with van der Waals surface area (Å²) in [4.78, 5) is 29.1. The number of fused-ring (bicyclic) bond motifs is 1. The van der Waals surface area contributed by atoms with Crippen molar-refractivity contribution >= 4 is 28.5 Å². The molecule has 0 spiro atoms. The molecule has 1 amide bonds. The minimum absolute atomic E-state index is 0.246. The van der Waals surface area contributed by atoms with E-state index in [2.05, 4.69) is 15.5 Å². The second-order valence-electron chi connectivity index (χ2n) is 7.73. The number of thiophene rings is 1. The second-order valence-corrected chi connectivity index (χ2v) is 8.83. The molecular weight excluding hydrogens is 439 g/mol. The van der Waals surface area contributed by atoms with Crippen molar-refractivity contribution in [3.63, 3.8) is 0 Å². The molecule has 2 aromatic heterocycles. The number of nitrogens with one attached hydrogen (secondary N) is 1. The van der Waals surface area contributed by atoms with Gasteiger partial charge in [-0.05, 0) is 24.8 Å². The van der Waals surface area contributed by atoms with Crippen LogP contribution in [0.25, 0.3) is 11.5 Å². The molecule has 168 valence electrons. The predicted octanol–water partition coefficient (Wildman–Crippen LogP) is 3.20. The Balaban J connectivity index is 1.70. The van der Waals surface area contributed by atoms with Gasteiger partial charge in [0, 0.05) is 4.88 Å². The van der Waals surface area contributed by atoms with Gasteiger partial charge in [0.15, 0.2) is 0 Å². The Morgan fingerprint density at radius 1 is 1.39 bits per heavy atom. The van der Waals surface area contributed by atoms with Gasteiger partial charge in [0.2, 0.25) is 5.91 Å². The van der Waals surface area contributed by atoms with Crippen molar-refractivity contribution in [1.82, 2.24) is 10.1 Å². The zero-order valence-electron chi connectivity index (χ0n) is 16.3. The molecule has 12 heteroatoms. The molecule has 2 N–H and O–H groups in total. The van der Waals surface area contributed by atoms with Crippen LogP contribution in [0.5, 0.6) is 0 Å². The first-order chi connectivity index (χ1) is 14.8. The van der Waals surface area contributed by atoms with E-state index in [4.69, 9.17) is 9.26 Å². The van der Waals surface area contributed by atoms with E-state index in [1.807, 2.05) is 0 Å². The summed E-state index contributed by atoms with van der Waals surface area (Å²) in [6, 6.07) is 0. The fraction of sp³-hybridized carbons (Fsp3) is 0.579. The van der Waals surface area contributed by atoms with E-state index >= 15 is 0 Å². The molecule has 1 unspecified atom stereocenters. The first-order valence-corrected chi connectivity index (χ1v) is 10.6. The van der Waals surface area contributed by atoms with Crippen LogP contribution in [-0.2, 0) is 33.5 Å². The van der Waals surface area contributed by atoms with E-state index in [9.17, 15) is 27.9 Å². The van der Waals surface area contributed by atoms with E-state index in [0.717, 1.165) is 29.1 Å². The predicted molar refractivity (Wildman–Crippen MR) is 102 cm³/mol. The van der Waals surface area contributed by atoms with Crippen LogP contribution in [0.1, 0.15) is 41.9 Å². The van der Waals surface area contributed by atoms with Crippen molar-refractivity contribution in [2.75, 3.05) is 18.5 Å². The highest BCUT2D eigenvalue weighted by Crippen LogP contribution is 2.45. The maximum absolute atomic E-state index is 13.1. The number of hydrogen-bond donors (Lipinski definition) is 2. The van der Waals surface area contributed by atoms with Crippen LogP contribution >= 0.6 is 11.3 Å². The summed E-state index contributed by atoms with van der Waals surface area (Å²) < 4.78 is 49.2. The average Bonchev–Trinajstić information content (AvgIpc) is 3.37. The van der Waals surface area contributed by atoms with Gasteiger partial charge < -0.3 is 24.5 Å². The van der Waals surface area contributed by atoms with Crippen molar-refractivity contribution in [2.24, 2.45) is 11.3 Å². The molecule has 0 aromatic carbocycles. The summed E-state index contributed by atoms with van der Waals surface area (Å²) in [6.45, 7) is 0.169. The van der Waals surface area contributed by atoms with Crippen molar-refractivity contribution in [1.29, 1.82) is 0 Å². The standard InChI is InChI=1S/C19H20F3N3O5S/c20-19(21,22)17-24-15(30-25-17)13-10-4-6-29-7-12(10)31-16(13)23-14(28)11-3-1-2-5-18(11,8-26)9-27/h8,11,27H,1-7,9H2,(H,23,28)/t11-,18?/m1/s1. The van der Waals surface area contributed by atoms with Crippen molar-refractivity contribution in [3.8, 4) is 11.5 Å². The Kier molecular flexibility index (Phi) is 5.88. The third-order valence-electron chi connectivity index (χ3n) is 5.88. The molecule has 2 aliphatic rings. The summed E-state index contributed by atoms with van der Waals surface area (Å²) in [6.07, 6.45) is -1.44. The van der Waals surface area contributed by atoms with E-state index < -0.39 is 35.8 Å². The van der Waals surface area contributed by atoms with E-state index in [1.165, 1.54) is 0 Å². The second kappa shape index (κ2) is 8.32. The fourth-order valence-electron chi connectivity index (χ4n) is 4.21. The van der Waals surface area contributed by atoms with Crippen LogP contribution in [0.3, 0.4) is 0 Å². The molecule has 1 fully saturated rings. The Labute approximate surface area is 178 Å². The van der Waals surface area contributed by atoms with E-state index in [-0.39, 0.29) is 23.1 Å². The first-order valence-electron chi connectivity index (χ1n) is 9.80. The minimum atomic E-state index is -4.77. The number of alkyl halides is 3. The normalized spacial score (nSPS) is 23.9. The molecule has 0 saturated heterocycles. The van der Waals surface area contributed by atoms with Crippen LogP contribution in [-0.4, -0.2) is 40.7 Å². The Bertz CT molecular complexity index is 989. The zero-order valence-corrected chi connectivity index (χ0v) is 17.1. The van der Waals surface area contributed by atoms with Crippen LogP contribution in [0.4, 0.5) is 18.2 Å². The number of rotatable bonds is 5. The molecule has 1 saturated carbocycles. The number of halogens is 3. The van der Waals surface area contributed by atoms with Gasteiger partial charge in [-0.15, -0.1) is 11.3 Å². The molecular formula is C19H20F3N3O5S.